The van der Waals surface area contributed by atoms with Crippen LogP contribution in [-0.2, 0) is 0 Å². The molecule has 0 bridgehead atoms. The monoisotopic (exact) mass is 298 g/mol. The van der Waals surface area contributed by atoms with Crippen molar-refractivity contribution in [3.05, 3.63) is 34.3 Å². The van der Waals surface area contributed by atoms with Crippen molar-refractivity contribution in [1.29, 1.82) is 0 Å². The van der Waals surface area contributed by atoms with Crippen molar-refractivity contribution >= 4 is 35.3 Å². The molecule has 2 rings (SSSR count). The van der Waals surface area contributed by atoms with Crippen molar-refractivity contribution in [3.63, 3.8) is 0 Å². The van der Waals surface area contributed by atoms with Gasteiger partial charge in [-0.25, -0.2) is 4.68 Å². The van der Waals surface area contributed by atoms with Gasteiger partial charge in [0, 0.05) is 12.4 Å². The van der Waals surface area contributed by atoms with Gasteiger partial charge in [-0.3, -0.25) is 0 Å². The molecule has 0 aliphatic rings. The van der Waals surface area contributed by atoms with Crippen molar-refractivity contribution in [3.8, 4) is 5.69 Å². The Hall–Kier alpha value is -0.690. The standard InChI is InChI=1S/C12H14N2OS3/c15-8-4-5-9-17-11-13-14(12(16)18-11)10-6-2-1-3-7-10/h1-3,6-7,15H,4-5,8-9H2. The van der Waals surface area contributed by atoms with Gasteiger partial charge in [-0.05, 0) is 37.2 Å². The number of unbranched alkanes of at least 4 members (excludes halogenated alkanes) is 1. The predicted octanol–water partition coefficient (Wildman–Crippen LogP) is 3.53. The minimum Gasteiger partial charge on any atom is -0.396 e. The third kappa shape index (κ3) is 3.65. The van der Waals surface area contributed by atoms with Crippen molar-refractivity contribution in [1.82, 2.24) is 9.78 Å². The van der Waals surface area contributed by atoms with Crippen LogP contribution in [0.15, 0.2) is 34.7 Å². The summed E-state index contributed by atoms with van der Waals surface area (Å²) >= 11 is 8.56. The summed E-state index contributed by atoms with van der Waals surface area (Å²) in [6.45, 7) is 0.259. The Balaban J connectivity index is 2.06. The van der Waals surface area contributed by atoms with Gasteiger partial charge in [-0.2, -0.15) is 0 Å². The zero-order valence-electron chi connectivity index (χ0n) is 9.78. The first-order valence-electron chi connectivity index (χ1n) is 5.70. The largest absolute Gasteiger partial charge is 0.396 e. The molecule has 0 saturated carbocycles. The van der Waals surface area contributed by atoms with E-state index in [1.165, 1.54) is 11.3 Å². The average Bonchev–Trinajstić information content (AvgIpc) is 2.77. The highest BCUT2D eigenvalue weighted by Gasteiger charge is 2.05. The van der Waals surface area contributed by atoms with E-state index in [2.05, 4.69) is 5.10 Å². The van der Waals surface area contributed by atoms with Crippen molar-refractivity contribution in [2.24, 2.45) is 0 Å². The smallest absolute Gasteiger partial charge is 0.184 e. The first-order valence-corrected chi connectivity index (χ1v) is 7.91. The molecule has 0 amide bonds. The van der Waals surface area contributed by atoms with Gasteiger partial charge in [0.15, 0.2) is 8.29 Å². The van der Waals surface area contributed by atoms with E-state index in [-0.39, 0.29) is 6.61 Å². The minimum atomic E-state index is 0.259. The Kier molecular flexibility index (Phi) is 5.37. The van der Waals surface area contributed by atoms with Crippen LogP contribution >= 0.6 is 35.3 Å². The normalized spacial score (nSPS) is 10.7. The molecule has 0 saturated heterocycles. The molecule has 3 nitrogen and oxygen atoms in total. The summed E-state index contributed by atoms with van der Waals surface area (Å²) in [6, 6.07) is 9.92. The van der Waals surface area contributed by atoms with Gasteiger partial charge in [0.05, 0.1) is 5.69 Å². The number of thioether (sulfide) groups is 1. The molecule has 1 N–H and O–H groups in total. The van der Waals surface area contributed by atoms with E-state index in [0.29, 0.717) is 0 Å². The Morgan fingerprint density at radius 2 is 2.06 bits per heavy atom. The van der Waals surface area contributed by atoms with E-state index >= 15 is 0 Å². The second-order valence-electron chi connectivity index (χ2n) is 3.66. The van der Waals surface area contributed by atoms with Crippen molar-refractivity contribution in [2.45, 2.75) is 17.2 Å². The lowest BCUT2D eigenvalue weighted by atomic mass is 10.3. The summed E-state index contributed by atoms with van der Waals surface area (Å²) in [6.07, 6.45) is 1.84. The third-order valence-electron chi connectivity index (χ3n) is 2.31. The second-order valence-corrected chi connectivity index (χ2v) is 6.63. The number of aliphatic hydroxyl groups excluding tert-OH is 1. The van der Waals surface area contributed by atoms with Crippen LogP contribution in [0.25, 0.3) is 5.69 Å². The lowest BCUT2D eigenvalue weighted by molar-refractivity contribution is 0.287. The number of hydrogen-bond donors (Lipinski definition) is 1. The topological polar surface area (TPSA) is 38.1 Å². The second kappa shape index (κ2) is 7.04. The van der Waals surface area contributed by atoms with Crippen molar-refractivity contribution < 1.29 is 5.11 Å². The molecular formula is C12H14N2OS3. The summed E-state index contributed by atoms with van der Waals surface area (Å²) in [5, 5.41) is 13.2. The fourth-order valence-electron chi connectivity index (χ4n) is 1.42. The average molecular weight is 298 g/mol. The highest BCUT2D eigenvalue weighted by atomic mass is 32.2. The predicted molar refractivity (Wildman–Crippen MR) is 79.3 cm³/mol. The fourth-order valence-corrected chi connectivity index (χ4v) is 3.86. The number of aromatic nitrogens is 2. The summed E-state index contributed by atoms with van der Waals surface area (Å²) in [5.74, 6) is 0.970. The van der Waals surface area contributed by atoms with Crippen LogP contribution in [0.1, 0.15) is 12.8 Å². The highest BCUT2D eigenvalue weighted by Crippen LogP contribution is 2.24. The molecular weight excluding hydrogens is 284 g/mol. The van der Waals surface area contributed by atoms with Crippen molar-refractivity contribution in [2.75, 3.05) is 12.4 Å². The van der Waals surface area contributed by atoms with Crippen LogP contribution in [0, 0.1) is 3.95 Å². The number of benzene rings is 1. The molecule has 0 unspecified atom stereocenters. The number of rotatable bonds is 6. The maximum Gasteiger partial charge on any atom is 0.184 e. The van der Waals surface area contributed by atoms with Crippen LogP contribution in [0.4, 0.5) is 0 Å². The number of aliphatic hydroxyl groups is 1. The third-order valence-corrected chi connectivity index (χ3v) is 4.76. The van der Waals surface area contributed by atoms with Gasteiger partial charge >= 0.3 is 0 Å². The number of nitrogens with zero attached hydrogens (tertiary/aromatic N) is 2. The van der Waals surface area contributed by atoms with E-state index in [0.717, 1.165) is 32.6 Å². The first-order chi connectivity index (χ1) is 8.81. The molecule has 0 radical (unpaired) electrons. The lowest BCUT2D eigenvalue weighted by Crippen LogP contribution is -1.95. The summed E-state index contributed by atoms with van der Waals surface area (Å²) in [5.41, 5.74) is 1.00. The summed E-state index contributed by atoms with van der Waals surface area (Å²) in [4.78, 5) is 0. The van der Waals surface area contributed by atoms with Crippen LogP contribution < -0.4 is 0 Å². The molecule has 2 aromatic rings. The van der Waals surface area contributed by atoms with Crippen LogP contribution in [0.3, 0.4) is 0 Å². The van der Waals surface area contributed by atoms with Gasteiger partial charge in [-0.15, -0.1) is 5.10 Å². The molecule has 0 atom stereocenters. The summed E-state index contributed by atoms with van der Waals surface area (Å²) < 4.78 is 3.56. The molecule has 0 aliphatic heterocycles. The molecule has 1 heterocycles. The minimum absolute atomic E-state index is 0.259. The van der Waals surface area contributed by atoms with Gasteiger partial charge < -0.3 is 5.11 Å². The summed E-state index contributed by atoms with van der Waals surface area (Å²) in [7, 11) is 0. The molecule has 0 aliphatic carbocycles. The van der Waals surface area contributed by atoms with Gasteiger partial charge in [0.2, 0.25) is 0 Å². The SMILES string of the molecule is OCCCCSc1nn(-c2ccccc2)c(=S)s1. The lowest BCUT2D eigenvalue weighted by Gasteiger charge is -1.99. The van der Waals surface area contributed by atoms with E-state index in [4.69, 9.17) is 17.3 Å². The molecule has 96 valence electrons. The maximum absolute atomic E-state index is 8.72. The first kappa shape index (κ1) is 13.7. The fraction of sp³-hybridized carbons (Fsp3) is 0.333. The Morgan fingerprint density at radius 3 is 2.78 bits per heavy atom. The maximum atomic E-state index is 8.72. The molecule has 0 spiro atoms. The van der Waals surface area contributed by atoms with Crippen LogP contribution in [0.5, 0.6) is 0 Å². The van der Waals surface area contributed by atoms with Crippen LogP contribution in [0.2, 0.25) is 0 Å². The Morgan fingerprint density at radius 1 is 1.28 bits per heavy atom. The highest BCUT2D eigenvalue weighted by molar-refractivity contribution is 8.01. The zero-order chi connectivity index (χ0) is 12.8. The van der Waals surface area contributed by atoms with E-state index < -0.39 is 0 Å². The van der Waals surface area contributed by atoms with Crippen LogP contribution in [-0.4, -0.2) is 27.2 Å². The quantitative estimate of drug-likeness (QED) is 0.503. The van der Waals surface area contributed by atoms with Gasteiger partial charge in [-0.1, -0.05) is 41.3 Å². The number of para-hydroxylation sites is 1. The molecule has 18 heavy (non-hydrogen) atoms. The Labute approximate surface area is 119 Å². The van der Waals surface area contributed by atoms with Gasteiger partial charge in [0.1, 0.15) is 0 Å². The van der Waals surface area contributed by atoms with E-state index in [1.807, 2.05) is 30.3 Å². The number of hydrogen-bond acceptors (Lipinski definition) is 5. The molecule has 1 aromatic carbocycles. The van der Waals surface area contributed by atoms with E-state index in [1.54, 1.807) is 16.4 Å². The van der Waals surface area contributed by atoms with Gasteiger partial charge in [0.25, 0.3) is 0 Å². The Bertz CT molecular complexity index is 536. The van der Waals surface area contributed by atoms with E-state index in [9.17, 15) is 0 Å². The zero-order valence-corrected chi connectivity index (χ0v) is 12.2. The molecule has 0 fully saturated rings. The molecule has 1 aromatic heterocycles. The molecule has 6 heteroatoms.